The molecule has 0 aliphatic rings. The number of pyridine rings is 1. The van der Waals surface area contributed by atoms with E-state index >= 15 is 0 Å². The van der Waals surface area contributed by atoms with Crippen LogP contribution >= 0.6 is 0 Å². The van der Waals surface area contributed by atoms with Crippen LogP contribution in [0.15, 0.2) is 12.3 Å². The van der Waals surface area contributed by atoms with Crippen LogP contribution in [0.5, 0.6) is 0 Å². The first kappa shape index (κ1) is 15.7. The molecule has 1 aromatic rings. The lowest BCUT2D eigenvalue weighted by Gasteiger charge is -2.24. The van der Waals surface area contributed by atoms with Gasteiger partial charge in [-0.2, -0.15) is 0 Å². The molecule has 7 heteroatoms. The molecule has 1 heterocycles. The standard InChI is InChI=1S/C13H20N4O3/c1-4-17(5-2)12(18)8(3)16-11-10(13(19)20)6-9(14)7-15-11/h6-8H,4-5,14H2,1-3H3,(H,15,16)(H,19,20). The molecule has 0 bridgehead atoms. The van der Waals surface area contributed by atoms with Crippen molar-refractivity contribution in [2.24, 2.45) is 0 Å². The maximum absolute atomic E-state index is 12.1. The molecule has 0 aromatic carbocycles. The van der Waals surface area contributed by atoms with Crippen LogP contribution in [0.25, 0.3) is 0 Å². The maximum atomic E-state index is 12.1. The fourth-order valence-corrected chi connectivity index (χ4v) is 1.83. The predicted octanol–water partition coefficient (Wildman–Crippen LogP) is 1.03. The van der Waals surface area contributed by atoms with Crippen molar-refractivity contribution in [2.75, 3.05) is 24.1 Å². The van der Waals surface area contributed by atoms with Gasteiger partial charge in [0.2, 0.25) is 5.91 Å². The number of carboxylic acids is 1. The summed E-state index contributed by atoms with van der Waals surface area (Å²) in [4.78, 5) is 28.9. The molecule has 7 nitrogen and oxygen atoms in total. The number of hydrogen-bond acceptors (Lipinski definition) is 5. The largest absolute Gasteiger partial charge is 0.478 e. The first-order valence-corrected chi connectivity index (χ1v) is 6.44. The zero-order valence-corrected chi connectivity index (χ0v) is 11.9. The second-order valence-electron chi connectivity index (χ2n) is 4.35. The van der Waals surface area contributed by atoms with Gasteiger partial charge in [-0.15, -0.1) is 0 Å². The van der Waals surface area contributed by atoms with Crippen molar-refractivity contribution in [1.29, 1.82) is 0 Å². The molecule has 110 valence electrons. The van der Waals surface area contributed by atoms with E-state index in [0.29, 0.717) is 13.1 Å². The van der Waals surface area contributed by atoms with E-state index in [1.807, 2.05) is 13.8 Å². The summed E-state index contributed by atoms with van der Waals surface area (Å²) in [5, 5.41) is 11.9. The Morgan fingerprint density at radius 2 is 2.05 bits per heavy atom. The third-order valence-corrected chi connectivity index (χ3v) is 2.94. The third kappa shape index (κ3) is 3.59. The van der Waals surface area contributed by atoms with Crippen molar-refractivity contribution >= 4 is 23.4 Å². The van der Waals surface area contributed by atoms with Gasteiger partial charge >= 0.3 is 5.97 Å². The van der Waals surface area contributed by atoms with Crippen molar-refractivity contribution in [3.63, 3.8) is 0 Å². The Kier molecular flexibility index (Phi) is 5.31. The van der Waals surface area contributed by atoms with Crippen molar-refractivity contribution in [3.8, 4) is 0 Å². The molecular formula is C13H20N4O3. The fourth-order valence-electron chi connectivity index (χ4n) is 1.83. The fraction of sp³-hybridized carbons (Fsp3) is 0.462. The Morgan fingerprint density at radius 1 is 1.45 bits per heavy atom. The van der Waals surface area contributed by atoms with Crippen LogP contribution in [0.3, 0.4) is 0 Å². The number of carboxylic acid groups (broad SMARTS) is 1. The Morgan fingerprint density at radius 3 is 2.55 bits per heavy atom. The second kappa shape index (κ2) is 6.74. The number of aromatic nitrogens is 1. The minimum atomic E-state index is -1.14. The number of likely N-dealkylation sites (N-methyl/N-ethyl adjacent to an activating group) is 1. The van der Waals surface area contributed by atoms with Gasteiger partial charge in [-0.05, 0) is 26.8 Å². The minimum Gasteiger partial charge on any atom is -0.478 e. The van der Waals surface area contributed by atoms with E-state index < -0.39 is 12.0 Å². The molecule has 0 aliphatic carbocycles. The topological polar surface area (TPSA) is 109 Å². The summed E-state index contributed by atoms with van der Waals surface area (Å²) in [6.45, 7) is 6.64. The van der Waals surface area contributed by atoms with Gasteiger partial charge in [0.15, 0.2) is 0 Å². The number of nitrogens with two attached hydrogens (primary N) is 1. The Bertz CT molecular complexity index is 500. The normalized spacial score (nSPS) is 11.8. The summed E-state index contributed by atoms with van der Waals surface area (Å²) in [6.07, 6.45) is 1.35. The van der Waals surface area contributed by atoms with E-state index in [0.717, 1.165) is 0 Å². The van der Waals surface area contributed by atoms with Gasteiger partial charge in [0, 0.05) is 13.1 Å². The SMILES string of the molecule is CCN(CC)C(=O)C(C)Nc1ncc(N)cc1C(=O)O. The molecule has 1 atom stereocenters. The number of rotatable bonds is 6. The number of hydrogen-bond donors (Lipinski definition) is 3. The van der Waals surface area contributed by atoms with Crippen LogP contribution < -0.4 is 11.1 Å². The Hall–Kier alpha value is -2.31. The monoisotopic (exact) mass is 280 g/mol. The van der Waals surface area contributed by atoms with Crippen molar-refractivity contribution < 1.29 is 14.7 Å². The van der Waals surface area contributed by atoms with E-state index in [4.69, 9.17) is 10.8 Å². The van der Waals surface area contributed by atoms with Gasteiger partial charge in [0.25, 0.3) is 0 Å². The molecule has 1 unspecified atom stereocenters. The minimum absolute atomic E-state index is 0.0517. The van der Waals surface area contributed by atoms with Crippen molar-refractivity contribution in [2.45, 2.75) is 26.8 Å². The average molecular weight is 280 g/mol. The number of carbonyl (C=O) groups excluding carboxylic acids is 1. The lowest BCUT2D eigenvalue weighted by Crippen LogP contribution is -2.41. The molecule has 0 spiro atoms. The molecule has 0 aliphatic heterocycles. The van der Waals surface area contributed by atoms with Gasteiger partial charge in [-0.3, -0.25) is 4.79 Å². The summed E-state index contributed by atoms with van der Waals surface area (Å²) < 4.78 is 0. The average Bonchev–Trinajstić information content (AvgIpc) is 2.41. The number of amides is 1. The highest BCUT2D eigenvalue weighted by atomic mass is 16.4. The lowest BCUT2D eigenvalue weighted by molar-refractivity contribution is -0.131. The lowest BCUT2D eigenvalue weighted by atomic mass is 10.2. The number of nitrogens with zero attached hydrogens (tertiary/aromatic N) is 2. The summed E-state index contributed by atoms with van der Waals surface area (Å²) in [7, 11) is 0. The molecular weight excluding hydrogens is 260 g/mol. The molecule has 0 saturated heterocycles. The first-order valence-electron chi connectivity index (χ1n) is 6.44. The van der Waals surface area contributed by atoms with E-state index in [1.165, 1.54) is 12.3 Å². The van der Waals surface area contributed by atoms with Crippen molar-refractivity contribution in [3.05, 3.63) is 17.8 Å². The second-order valence-corrected chi connectivity index (χ2v) is 4.35. The Labute approximate surface area is 117 Å². The highest BCUT2D eigenvalue weighted by molar-refractivity contribution is 5.95. The molecule has 1 rings (SSSR count). The molecule has 20 heavy (non-hydrogen) atoms. The highest BCUT2D eigenvalue weighted by Gasteiger charge is 2.21. The van der Waals surface area contributed by atoms with Gasteiger partial charge in [0.05, 0.1) is 11.9 Å². The quantitative estimate of drug-likeness (QED) is 0.718. The van der Waals surface area contributed by atoms with Gasteiger partial charge < -0.3 is 21.1 Å². The third-order valence-electron chi connectivity index (χ3n) is 2.94. The van der Waals surface area contributed by atoms with Crippen LogP contribution in [0.4, 0.5) is 11.5 Å². The number of nitrogens with one attached hydrogen (secondary N) is 1. The number of nitrogen functional groups attached to an aromatic ring is 1. The van der Waals surface area contributed by atoms with Crippen LogP contribution in [0.2, 0.25) is 0 Å². The molecule has 0 saturated carbocycles. The summed E-state index contributed by atoms with van der Waals surface area (Å²) >= 11 is 0. The number of anilines is 2. The van der Waals surface area contributed by atoms with E-state index in [1.54, 1.807) is 11.8 Å². The number of aromatic carboxylic acids is 1. The van der Waals surface area contributed by atoms with Gasteiger partial charge in [0.1, 0.15) is 17.4 Å². The zero-order chi connectivity index (χ0) is 15.3. The smallest absolute Gasteiger partial charge is 0.339 e. The van der Waals surface area contributed by atoms with Crippen LogP contribution in [-0.2, 0) is 4.79 Å². The first-order chi connectivity index (χ1) is 9.40. The van der Waals surface area contributed by atoms with Gasteiger partial charge in [-0.25, -0.2) is 9.78 Å². The summed E-state index contributed by atoms with van der Waals surface area (Å²) in [5.74, 6) is -1.11. The molecule has 0 fully saturated rings. The zero-order valence-electron chi connectivity index (χ0n) is 11.9. The Balaban J connectivity index is 2.93. The predicted molar refractivity (Wildman–Crippen MR) is 76.6 cm³/mol. The molecule has 1 amide bonds. The van der Waals surface area contributed by atoms with Crippen molar-refractivity contribution in [1.82, 2.24) is 9.88 Å². The van der Waals surface area contributed by atoms with Crippen LogP contribution in [0.1, 0.15) is 31.1 Å². The molecule has 0 radical (unpaired) electrons. The maximum Gasteiger partial charge on any atom is 0.339 e. The van der Waals surface area contributed by atoms with E-state index in [-0.39, 0.29) is 23.0 Å². The highest BCUT2D eigenvalue weighted by Crippen LogP contribution is 2.16. The van der Waals surface area contributed by atoms with Crippen LogP contribution in [-0.4, -0.2) is 46.0 Å². The molecule has 1 aromatic heterocycles. The van der Waals surface area contributed by atoms with Crippen LogP contribution in [0, 0.1) is 0 Å². The summed E-state index contributed by atoms with van der Waals surface area (Å²) in [6, 6.07) is 0.746. The molecule has 4 N–H and O–H groups in total. The van der Waals surface area contributed by atoms with E-state index in [9.17, 15) is 9.59 Å². The van der Waals surface area contributed by atoms with E-state index in [2.05, 4.69) is 10.3 Å². The van der Waals surface area contributed by atoms with Gasteiger partial charge in [-0.1, -0.05) is 0 Å². The summed E-state index contributed by atoms with van der Waals surface area (Å²) in [5.41, 5.74) is 5.73. The number of carbonyl (C=O) groups is 2.